The van der Waals surface area contributed by atoms with Gasteiger partial charge in [-0.15, -0.1) is 11.3 Å². The summed E-state index contributed by atoms with van der Waals surface area (Å²) in [6.45, 7) is 1.80. The maximum absolute atomic E-state index is 13.4. The first-order valence-electron chi connectivity index (χ1n) is 9.36. The van der Waals surface area contributed by atoms with E-state index < -0.39 is 0 Å². The summed E-state index contributed by atoms with van der Waals surface area (Å²) in [6, 6.07) is 13.6. The number of nitrogens with zero attached hydrogens (tertiary/aromatic N) is 2. The number of hydrogen-bond donors (Lipinski definition) is 1. The van der Waals surface area contributed by atoms with Gasteiger partial charge in [0.2, 0.25) is 0 Å². The third-order valence-electron chi connectivity index (χ3n) is 5.19. The Balaban J connectivity index is 1.60. The minimum absolute atomic E-state index is 0.110. The molecule has 30 heavy (non-hydrogen) atoms. The van der Waals surface area contributed by atoms with Crippen LogP contribution in [0.3, 0.4) is 0 Å². The number of nitrogens with one attached hydrogen (secondary N) is 1. The van der Waals surface area contributed by atoms with Gasteiger partial charge in [0.15, 0.2) is 5.78 Å². The van der Waals surface area contributed by atoms with Crippen LogP contribution in [0, 0.1) is 12.7 Å². The fourth-order valence-corrected chi connectivity index (χ4v) is 4.76. The number of fused-ring (bicyclic) bond motifs is 2. The minimum atomic E-state index is -0.337. The number of rotatable bonds is 4. The zero-order valence-electron chi connectivity index (χ0n) is 16.0. The molecule has 0 atom stereocenters. The predicted octanol–water partition coefficient (Wildman–Crippen LogP) is 4.94. The number of hydrogen-bond acceptors (Lipinski definition) is 4. The van der Waals surface area contributed by atoms with E-state index in [0.29, 0.717) is 15.8 Å². The molecule has 7 heteroatoms. The van der Waals surface area contributed by atoms with Crippen LogP contribution < -0.4 is 5.56 Å². The maximum Gasteiger partial charge on any atom is 0.263 e. The molecular weight excluding hydrogens is 401 g/mol. The SMILES string of the molecule is Cc1sc2ncn(CC(=O)c3c[nH]c4ccccc34)c(=O)c2c1-c1ccc(F)cc1. The van der Waals surface area contributed by atoms with Crippen LogP contribution in [0.5, 0.6) is 0 Å². The molecule has 0 aliphatic heterocycles. The number of aromatic amines is 1. The number of halogens is 1. The van der Waals surface area contributed by atoms with Gasteiger partial charge in [0.1, 0.15) is 10.6 Å². The number of aryl methyl sites for hydroxylation is 1. The molecule has 5 nitrogen and oxygen atoms in total. The average molecular weight is 417 g/mol. The van der Waals surface area contributed by atoms with E-state index in [-0.39, 0.29) is 23.7 Å². The molecule has 0 amide bonds. The summed E-state index contributed by atoms with van der Waals surface area (Å²) in [5, 5.41) is 1.28. The van der Waals surface area contributed by atoms with Gasteiger partial charge in [0, 0.05) is 33.1 Å². The number of para-hydroxylation sites is 1. The normalized spacial score (nSPS) is 11.4. The monoisotopic (exact) mass is 417 g/mol. The second kappa shape index (κ2) is 7.03. The zero-order chi connectivity index (χ0) is 20.8. The second-order valence-corrected chi connectivity index (χ2v) is 8.27. The third-order valence-corrected chi connectivity index (χ3v) is 6.20. The summed E-state index contributed by atoms with van der Waals surface area (Å²) >= 11 is 1.41. The van der Waals surface area contributed by atoms with Crippen LogP contribution >= 0.6 is 11.3 Å². The number of aromatic nitrogens is 3. The van der Waals surface area contributed by atoms with Crippen LogP contribution in [0.2, 0.25) is 0 Å². The Bertz CT molecular complexity index is 1480. The summed E-state index contributed by atoms with van der Waals surface area (Å²) < 4.78 is 14.7. The minimum Gasteiger partial charge on any atom is -0.360 e. The highest BCUT2D eigenvalue weighted by molar-refractivity contribution is 7.19. The Morgan fingerprint density at radius 3 is 2.73 bits per heavy atom. The van der Waals surface area contributed by atoms with E-state index in [1.165, 1.54) is 34.4 Å². The van der Waals surface area contributed by atoms with Gasteiger partial charge in [-0.3, -0.25) is 14.2 Å². The average Bonchev–Trinajstić information content (AvgIpc) is 3.32. The number of carbonyl (C=O) groups is 1. The summed E-state index contributed by atoms with van der Waals surface area (Å²) in [5.74, 6) is -0.512. The number of carbonyl (C=O) groups excluding carboxylic acids is 1. The third kappa shape index (κ3) is 2.95. The number of ketones is 1. The Labute approximate surface area is 174 Å². The second-order valence-electron chi connectivity index (χ2n) is 7.07. The smallest absolute Gasteiger partial charge is 0.263 e. The summed E-state index contributed by atoms with van der Waals surface area (Å²) in [6.07, 6.45) is 3.09. The van der Waals surface area contributed by atoms with Crippen LogP contribution in [0.25, 0.3) is 32.2 Å². The number of benzene rings is 2. The van der Waals surface area contributed by atoms with Crippen molar-refractivity contribution >= 4 is 38.2 Å². The maximum atomic E-state index is 13.4. The Morgan fingerprint density at radius 1 is 1.17 bits per heavy atom. The van der Waals surface area contributed by atoms with E-state index in [1.54, 1.807) is 18.3 Å². The molecule has 0 bridgehead atoms. The van der Waals surface area contributed by atoms with Crippen molar-refractivity contribution in [3.8, 4) is 11.1 Å². The topological polar surface area (TPSA) is 67.8 Å². The van der Waals surface area contributed by atoms with Crippen molar-refractivity contribution in [2.45, 2.75) is 13.5 Å². The molecule has 3 aromatic heterocycles. The fourth-order valence-electron chi connectivity index (χ4n) is 3.76. The summed E-state index contributed by atoms with van der Waals surface area (Å²) in [4.78, 5) is 35.2. The van der Waals surface area contributed by atoms with Crippen LogP contribution in [-0.4, -0.2) is 20.3 Å². The van der Waals surface area contributed by atoms with Crippen LogP contribution in [0.4, 0.5) is 4.39 Å². The van der Waals surface area contributed by atoms with E-state index in [1.807, 2.05) is 31.2 Å². The lowest BCUT2D eigenvalue weighted by atomic mass is 10.0. The predicted molar refractivity (Wildman–Crippen MR) is 117 cm³/mol. The van der Waals surface area contributed by atoms with E-state index in [9.17, 15) is 14.0 Å². The van der Waals surface area contributed by atoms with Gasteiger partial charge in [-0.2, -0.15) is 0 Å². The highest BCUT2D eigenvalue weighted by Gasteiger charge is 2.19. The standard InChI is InChI=1S/C23H16FN3O2S/c1-13-20(14-6-8-15(24)9-7-14)21-22(30-13)26-12-27(23(21)29)11-19(28)17-10-25-18-5-3-2-4-16(17)18/h2-10,12,25H,11H2,1H3. The summed E-state index contributed by atoms with van der Waals surface area (Å²) in [5.41, 5.74) is 2.62. The van der Waals surface area contributed by atoms with Crippen molar-refractivity contribution in [1.29, 1.82) is 0 Å². The van der Waals surface area contributed by atoms with Crippen molar-refractivity contribution in [3.63, 3.8) is 0 Å². The lowest BCUT2D eigenvalue weighted by Crippen LogP contribution is -2.24. The van der Waals surface area contributed by atoms with Crippen LogP contribution in [0.1, 0.15) is 15.2 Å². The first-order valence-corrected chi connectivity index (χ1v) is 10.2. The van der Waals surface area contributed by atoms with Crippen molar-refractivity contribution in [1.82, 2.24) is 14.5 Å². The molecule has 0 radical (unpaired) electrons. The van der Waals surface area contributed by atoms with E-state index >= 15 is 0 Å². The van der Waals surface area contributed by atoms with Gasteiger partial charge in [-0.05, 0) is 30.7 Å². The molecule has 1 N–H and O–H groups in total. The Kier molecular flexibility index (Phi) is 4.33. The molecule has 0 aliphatic carbocycles. The van der Waals surface area contributed by atoms with Gasteiger partial charge in [-0.1, -0.05) is 30.3 Å². The van der Waals surface area contributed by atoms with Crippen molar-refractivity contribution in [3.05, 3.63) is 87.7 Å². The fraction of sp³-hybridized carbons (Fsp3) is 0.0870. The Morgan fingerprint density at radius 2 is 1.93 bits per heavy atom. The molecule has 0 aliphatic rings. The quantitative estimate of drug-likeness (QED) is 0.421. The van der Waals surface area contributed by atoms with E-state index in [4.69, 9.17) is 0 Å². The zero-order valence-corrected chi connectivity index (χ0v) is 16.8. The van der Waals surface area contributed by atoms with E-state index in [0.717, 1.165) is 26.9 Å². The van der Waals surface area contributed by atoms with Crippen molar-refractivity contribution < 1.29 is 9.18 Å². The van der Waals surface area contributed by atoms with Gasteiger partial charge in [-0.25, -0.2) is 9.37 Å². The lowest BCUT2D eigenvalue weighted by molar-refractivity contribution is 0.0972. The first-order chi connectivity index (χ1) is 14.5. The van der Waals surface area contributed by atoms with Crippen molar-refractivity contribution in [2.75, 3.05) is 0 Å². The first kappa shape index (κ1) is 18.4. The van der Waals surface area contributed by atoms with E-state index in [2.05, 4.69) is 9.97 Å². The molecule has 5 rings (SSSR count). The van der Waals surface area contributed by atoms with Gasteiger partial charge in [0.05, 0.1) is 18.3 Å². The molecule has 148 valence electrons. The molecule has 0 saturated carbocycles. The molecule has 2 aromatic carbocycles. The van der Waals surface area contributed by atoms with Crippen molar-refractivity contribution in [2.24, 2.45) is 0 Å². The largest absolute Gasteiger partial charge is 0.360 e. The van der Waals surface area contributed by atoms with Gasteiger partial charge < -0.3 is 4.98 Å². The lowest BCUT2D eigenvalue weighted by Gasteiger charge is -2.06. The van der Waals surface area contributed by atoms with Gasteiger partial charge >= 0.3 is 0 Å². The molecule has 0 saturated heterocycles. The Hall–Kier alpha value is -3.58. The van der Waals surface area contributed by atoms with Gasteiger partial charge in [0.25, 0.3) is 5.56 Å². The molecule has 0 unspecified atom stereocenters. The molecule has 0 fully saturated rings. The van der Waals surface area contributed by atoms with Crippen LogP contribution in [0.15, 0.2) is 65.8 Å². The number of thiophene rings is 1. The van der Waals surface area contributed by atoms with Crippen LogP contribution in [-0.2, 0) is 6.54 Å². The molecular formula is C23H16FN3O2S. The molecule has 5 aromatic rings. The number of H-pyrrole nitrogens is 1. The molecule has 0 spiro atoms. The highest BCUT2D eigenvalue weighted by Crippen LogP contribution is 2.35. The highest BCUT2D eigenvalue weighted by atomic mass is 32.1. The summed E-state index contributed by atoms with van der Waals surface area (Å²) in [7, 11) is 0. The molecule has 3 heterocycles. The number of Topliss-reactive ketones (excluding diaryl/α,β-unsaturated/α-hetero) is 1.